The average Bonchev–Trinajstić information content (AvgIpc) is 3.28. The van der Waals surface area contributed by atoms with Crippen LogP contribution >= 0.6 is 11.3 Å². The molecule has 29 heavy (non-hydrogen) atoms. The number of fused-ring (bicyclic) bond motifs is 1. The SMILES string of the molecule is N[C@@H]1CCCC(F)(F)C1NC(=O)c1cc(-c2cnc3cccnn23)c(C(F)F)s1. The molecule has 2 atom stereocenters. The Morgan fingerprint density at radius 1 is 1.41 bits per heavy atom. The van der Waals surface area contributed by atoms with Gasteiger partial charge in [-0.25, -0.2) is 27.1 Å². The van der Waals surface area contributed by atoms with Crippen LogP contribution in [0.5, 0.6) is 0 Å². The number of rotatable bonds is 4. The fraction of sp³-hybridized carbons (Fsp3) is 0.389. The van der Waals surface area contributed by atoms with Gasteiger partial charge in [-0.2, -0.15) is 5.10 Å². The molecular formula is C18H17F4N5OS. The van der Waals surface area contributed by atoms with Gasteiger partial charge in [0.1, 0.15) is 6.04 Å². The number of imidazole rings is 1. The number of nitrogens with two attached hydrogens (primary N) is 1. The summed E-state index contributed by atoms with van der Waals surface area (Å²) >= 11 is 0.556. The van der Waals surface area contributed by atoms with Crippen molar-refractivity contribution in [1.82, 2.24) is 19.9 Å². The first kappa shape index (κ1) is 19.8. The molecule has 3 aromatic rings. The quantitative estimate of drug-likeness (QED) is 0.623. The molecular weight excluding hydrogens is 410 g/mol. The Labute approximate surface area is 166 Å². The number of nitrogens with zero attached hydrogens (tertiary/aromatic N) is 3. The van der Waals surface area contributed by atoms with Gasteiger partial charge < -0.3 is 11.1 Å². The molecule has 0 aliphatic heterocycles. The smallest absolute Gasteiger partial charge is 0.273 e. The van der Waals surface area contributed by atoms with Crippen molar-refractivity contribution in [2.24, 2.45) is 5.73 Å². The summed E-state index contributed by atoms with van der Waals surface area (Å²) < 4.78 is 57.0. The van der Waals surface area contributed by atoms with Crippen LogP contribution in [0, 0.1) is 0 Å². The number of hydrogen-bond acceptors (Lipinski definition) is 5. The first-order valence-electron chi connectivity index (χ1n) is 8.93. The lowest BCUT2D eigenvalue weighted by molar-refractivity contribution is -0.0674. The number of carbonyl (C=O) groups is 1. The second-order valence-electron chi connectivity index (χ2n) is 6.89. The summed E-state index contributed by atoms with van der Waals surface area (Å²) in [5.74, 6) is -4.00. The molecule has 6 nitrogen and oxygen atoms in total. The van der Waals surface area contributed by atoms with Crippen LogP contribution in [0.4, 0.5) is 17.6 Å². The van der Waals surface area contributed by atoms with Crippen molar-refractivity contribution in [1.29, 1.82) is 0 Å². The lowest BCUT2D eigenvalue weighted by atomic mass is 9.87. The maximum Gasteiger partial charge on any atom is 0.273 e. The van der Waals surface area contributed by atoms with E-state index < -0.39 is 30.3 Å². The van der Waals surface area contributed by atoms with E-state index in [9.17, 15) is 22.4 Å². The van der Waals surface area contributed by atoms with E-state index in [0.717, 1.165) is 0 Å². The van der Waals surface area contributed by atoms with Crippen molar-refractivity contribution in [3.05, 3.63) is 40.3 Å². The molecule has 4 rings (SSSR count). The number of halogens is 4. The number of thiophene rings is 1. The maximum atomic E-state index is 14.2. The van der Waals surface area contributed by atoms with Crippen molar-refractivity contribution >= 4 is 22.9 Å². The molecule has 11 heteroatoms. The summed E-state index contributed by atoms with van der Waals surface area (Å²) in [5.41, 5.74) is 6.59. The minimum atomic E-state index is -3.15. The van der Waals surface area contributed by atoms with Crippen LogP contribution in [0.1, 0.15) is 40.2 Å². The summed E-state index contributed by atoms with van der Waals surface area (Å²) in [6, 6.07) is 2.12. The third-order valence-corrected chi connectivity index (χ3v) is 6.10. The van der Waals surface area contributed by atoms with Crippen LogP contribution in [0.15, 0.2) is 30.6 Å². The van der Waals surface area contributed by atoms with Gasteiger partial charge in [0.05, 0.1) is 21.6 Å². The third-order valence-electron chi connectivity index (χ3n) is 4.95. The number of hydrogen-bond donors (Lipinski definition) is 2. The standard InChI is InChI=1S/C18H17F4N5OS/c19-16(20)14-9(11-8-24-13-4-2-6-25-27(11)13)7-12(29-14)17(28)26-15-10(23)3-1-5-18(15,21)22/h2,4,6-8,10,15-16H,1,3,5,23H2,(H,26,28)/t10-,15?/m1/s1. The van der Waals surface area contributed by atoms with E-state index >= 15 is 0 Å². The number of carbonyl (C=O) groups excluding carboxylic acids is 1. The van der Waals surface area contributed by atoms with E-state index in [1.807, 2.05) is 0 Å². The first-order chi connectivity index (χ1) is 13.8. The molecule has 1 saturated carbocycles. The first-order valence-corrected chi connectivity index (χ1v) is 9.75. The van der Waals surface area contributed by atoms with Gasteiger partial charge in [-0.05, 0) is 31.0 Å². The summed E-state index contributed by atoms with van der Waals surface area (Å²) in [6.07, 6.45) is 0.240. The van der Waals surface area contributed by atoms with Crippen molar-refractivity contribution in [3.63, 3.8) is 0 Å². The molecule has 3 heterocycles. The van der Waals surface area contributed by atoms with Gasteiger partial charge in [-0.3, -0.25) is 4.79 Å². The van der Waals surface area contributed by atoms with E-state index in [1.165, 1.54) is 23.0 Å². The summed E-state index contributed by atoms with van der Waals surface area (Å²) in [5, 5.41) is 6.34. The molecule has 1 unspecified atom stereocenters. The van der Waals surface area contributed by atoms with Crippen molar-refractivity contribution < 1.29 is 22.4 Å². The number of alkyl halides is 4. The molecule has 0 bridgehead atoms. The molecule has 0 aromatic carbocycles. The van der Waals surface area contributed by atoms with E-state index in [0.29, 0.717) is 23.4 Å². The molecule has 0 spiro atoms. The zero-order valence-corrected chi connectivity index (χ0v) is 15.8. The Morgan fingerprint density at radius 3 is 2.93 bits per heavy atom. The van der Waals surface area contributed by atoms with Crippen LogP contribution in [-0.4, -0.2) is 38.5 Å². The number of aromatic nitrogens is 3. The van der Waals surface area contributed by atoms with Crippen LogP contribution in [0.2, 0.25) is 0 Å². The van der Waals surface area contributed by atoms with E-state index in [2.05, 4.69) is 15.4 Å². The van der Waals surface area contributed by atoms with Crippen LogP contribution in [0.3, 0.4) is 0 Å². The second kappa shape index (κ2) is 7.38. The molecule has 0 saturated heterocycles. The summed E-state index contributed by atoms with van der Waals surface area (Å²) in [4.78, 5) is 16.3. The van der Waals surface area contributed by atoms with Gasteiger partial charge in [0.15, 0.2) is 5.65 Å². The highest BCUT2D eigenvalue weighted by molar-refractivity contribution is 7.14. The van der Waals surface area contributed by atoms with Crippen LogP contribution < -0.4 is 11.1 Å². The Balaban J connectivity index is 1.69. The van der Waals surface area contributed by atoms with Crippen LogP contribution in [-0.2, 0) is 0 Å². The lowest BCUT2D eigenvalue weighted by Gasteiger charge is -2.36. The Kier molecular flexibility index (Phi) is 5.03. The minimum Gasteiger partial charge on any atom is -0.341 e. The molecule has 1 amide bonds. The molecule has 154 valence electrons. The monoisotopic (exact) mass is 427 g/mol. The zero-order chi connectivity index (χ0) is 20.8. The molecule has 3 aromatic heterocycles. The molecule has 1 aliphatic rings. The van der Waals surface area contributed by atoms with Gasteiger partial charge in [-0.1, -0.05) is 0 Å². The molecule has 0 radical (unpaired) electrons. The van der Waals surface area contributed by atoms with Gasteiger partial charge in [-0.15, -0.1) is 11.3 Å². The molecule has 1 fully saturated rings. The van der Waals surface area contributed by atoms with E-state index in [-0.39, 0.29) is 33.9 Å². The second-order valence-corrected chi connectivity index (χ2v) is 7.98. The summed E-state index contributed by atoms with van der Waals surface area (Å²) in [6.45, 7) is 0. The normalized spacial score (nSPS) is 21.6. The number of nitrogens with one attached hydrogen (secondary N) is 1. The van der Waals surface area contributed by atoms with Gasteiger partial charge in [0, 0.05) is 24.2 Å². The fourth-order valence-corrected chi connectivity index (χ4v) is 4.45. The van der Waals surface area contributed by atoms with E-state index in [4.69, 9.17) is 5.73 Å². The van der Waals surface area contributed by atoms with E-state index in [1.54, 1.807) is 12.1 Å². The van der Waals surface area contributed by atoms with Gasteiger partial charge in [0.25, 0.3) is 18.3 Å². The highest BCUT2D eigenvalue weighted by Crippen LogP contribution is 2.39. The van der Waals surface area contributed by atoms with Gasteiger partial charge in [0.2, 0.25) is 0 Å². The zero-order valence-electron chi connectivity index (χ0n) is 15.0. The molecule has 3 N–H and O–H groups in total. The Bertz CT molecular complexity index is 1050. The fourth-order valence-electron chi connectivity index (χ4n) is 3.53. The maximum absolute atomic E-state index is 14.2. The minimum absolute atomic E-state index is 0.0843. The average molecular weight is 427 g/mol. The topological polar surface area (TPSA) is 85.3 Å². The highest BCUT2D eigenvalue weighted by atomic mass is 32.1. The predicted octanol–water partition coefficient (Wildman–Crippen LogP) is 3.64. The third kappa shape index (κ3) is 3.60. The van der Waals surface area contributed by atoms with Crippen molar-refractivity contribution in [2.75, 3.05) is 0 Å². The van der Waals surface area contributed by atoms with Crippen LogP contribution in [0.25, 0.3) is 16.9 Å². The summed E-state index contributed by atoms with van der Waals surface area (Å²) in [7, 11) is 0. The number of amides is 1. The lowest BCUT2D eigenvalue weighted by Crippen LogP contribution is -2.59. The van der Waals surface area contributed by atoms with Crippen molar-refractivity contribution in [3.8, 4) is 11.3 Å². The van der Waals surface area contributed by atoms with Gasteiger partial charge >= 0.3 is 0 Å². The largest absolute Gasteiger partial charge is 0.341 e. The predicted molar refractivity (Wildman–Crippen MR) is 99.3 cm³/mol. The van der Waals surface area contributed by atoms with Crippen molar-refractivity contribution in [2.45, 2.75) is 43.7 Å². The highest BCUT2D eigenvalue weighted by Gasteiger charge is 2.46. The molecule has 1 aliphatic carbocycles. The Hall–Kier alpha value is -2.53. The Morgan fingerprint density at radius 2 is 2.21 bits per heavy atom.